The Labute approximate surface area is 157 Å². The molecule has 0 heterocycles. The fraction of sp³-hybridized carbons (Fsp3) is 0.286. The maximum absolute atomic E-state index is 12.8. The molecule has 0 aromatic heterocycles. The molecule has 0 saturated carbocycles. The standard InChI is InChI=1S/C21H22N2O4/c1-11-10-21(2,3)15-5-4-6-16(17(11)15)23-19(25)13-8-7-12(20(26)27)9-14(13)18(22)24/h4-9,11H,10H2,1-3H3,(H2,22,24)(H,23,25)(H,26,27)/t11-/m0/s1. The summed E-state index contributed by atoms with van der Waals surface area (Å²) in [6.45, 7) is 6.48. The van der Waals surface area contributed by atoms with Crippen molar-refractivity contribution in [1.29, 1.82) is 0 Å². The lowest BCUT2D eigenvalue weighted by atomic mass is 9.86. The van der Waals surface area contributed by atoms with Crippen molar-refractivity contribution in [2.75, 3.05) is 5.32 Å². The molecule has 27 heavy (non-hydrogen) atoms. The van der Waals surface area contributed by atoms with E-state index in [0.29, 0.717) is 5.69 Å². The minimum atomic E-state index is -1.19. The smallest absolute Gasteiger partial charge is 0.335 e. The summed E-state index contributed by atoms with van der Waals surface area (Å²) in [4.78, 5) is 35.7. The first kappa shape index (κ1) is 18.6. The molecule has 2 amide bonds. The van der Waals surface area contributed by atoms with E-state index in [-0.39, 0.29) is 28.0 Å². The third-order valence-electron chi connectivity index (χ3n) is 5.17. The average molecular weight is 366 g/mol. The topological polar surface area (TPSA) is 109 Å². The molecule has 0 aliphatic heterocycles. The predicted octanol–water partition coefficient (Wildman–Crippen LogP) is 3.52. The van der Waals surface area contributed by atoms with Crippen molar-refractivity contribution < 1.29 is 19.5 Å². The van der Waals surface area contributed by atoms with E-state index in [0.717, 1.165) is 18.1 Å². The summed E-state index contributed by atoms with van der Waals surface area (Å²) in [5.41, 5.74) is 8.20. The number of hydrogen-bond acceptors (Lipinski definition) is 3. The average Bonchev–Trinajstić information content (AvgIpc) is 2.84. The highest BCUT2D eigenvalue weighted by Crippen LogP contribution is 2.48. The number of nitrogens with two attached hydrogens (primary N) is 1. The zero-order valence-electron chi connectivity index (χ0n) is 15.5. The van der Waals surface area contributed by atoms with Crippen molar-refractivity contribution >= 4 is 23.5 Å². The van der Waals surface area contributed by atoms with Gasteiger partial charge in [-0.1, -0.05) is 32.9 Å². The number of rotatable bonds is 4. The second-order valence-corrected chi connectivity index (χ2v) is 7.64. The molecule has 1 aliphatic carbocycles. The van der Waals surface area contributed by atoms with Gasteiger partial charge in [-0.15, -0.1) is 0 Å². The molecule has 1 aliphatic rings. The fourth-order valence-electron chi connectivity index (χ4n) is 4.04. The number of fused-ring (bicyclic) bond motifs is 1. The van der Waals surface area contributed by atoms with Crippen LogP contribution in [0.25, 0.3) is 0 Å². The van der Waals surface area contributed by atoms with Crippen LogP contribution >= 0.6 is 0 Å². The number of carbonyl (C=O) groups excluding carboxylic acids is 2. The van der Waals surface area contributed by atoms with Crippen molar-refractivity contribution in [1.82, 2.24) is 0 Å². The third kappa shape index (κ3) is 3.30. The highest BCUT2D eigenvalue weighted by Gasteiger charge is 2.36. The number of aromatic carboxylic acids is 1. The van der Waals surface area contributed by atoms with Crippen molar-refractivity contribution in [2.24, 2.45) is 5.73 Å². The number of amides is 2. The molecule has 0 saturated heterocycles. The van der Waals surface area contributed by atoms with Gasteiger partial charge >= 0.3 is 5.97 Å². The van der Waals surface area contributed by atoms with Crippen LogP contribution in [0.3, 0.4) is 0 Å². The number of carboxylic acid groups (broad SMARTS) is 1. The molecule has 6 nitrogen and oxygen atoms in total. The summed E-state index contributed by atoms with van der Waals surface area (Å²) in [7, 11) is 0. The summed E-state index contributed by atoms with van der Waals surface area (Å²) in [5, 5.41) is 12.0. The van der Waals surface area contributed by atoms with E-state index in [1.807, 2.05) is 12.1 Å². The van der Waals surface area contributed by atoms with Gasteiger partial charge < -0.3 is 16.2 Å². The lowest BCUT2D eigenvalue weighted by Gasteiger charge is -2.19. The second kappa shape index (κ2) is 6.54. The van der Waals surface area contributed by atoms with Crippen LogP contribution in [-0.4, -0.2) is 22.9 Å². The largest absolute Gasteiger partial charge is 0.478 e. The Bertz CT molecular complexity index is 963. The molecule has 6 heteroatoms. The Balaban J connectivity index is 2.00. The summed E-state index contributed by atoms with van der Waals surface area (Å²) < 4.78 is 0. The first-order valence-corrected chi connectivity index (χ1v) is 8.73. The van der Waals surface area contributed by atoms with Crippen LogP contribution in [-0.2, 0) is 5.41 Å². The molecule has 1 atom stereocenters. The van der Waals surface area contributed by atoms with Gasteiger partial charge in [0, 0.05) is 5.69 Å². The normalized spacial score (nSPS) is 17.2. The highest BCUT2D eigenvalue weighted by molar-refractivity contribution is 6.13. The Hall–Kier alpha value is -3.15. The Morgan fingerprint density at radius 2 is 1.85 bits per heavy atom. The molecule has 4 N–H and O–H groups in total. The third-order valence-corrected chi connectivity index (χ3v) is 5.17. The molecule has 2 aromatic carbocycles. The molecule has 140 valence electrons. The zero-order chi connectivity index (χ0) is 19.9. The lowest BCUT2D eigenvalue weighted by molar-refractivity contribution is 0.0696. The van der Waals surface area contributed by atoms with Crippen LogP contribution < -0.4 is 11.1 Å². The maximum Gasteiger partial charge on any atom is 0.335 e. The van der Waals surface area contributed by atoms with Gasteiger partial charge in [0.15, 0.2) is 0 Å². The number of nitrogens with one attached hydrogen (secondary N) is 1. The SMILES string of the molecule is C[C@H]1CC(C)(C)c2cccc(NC(=O)c3ccc(C(=O)O)cc3C(N)=O)c21. The monoisotopic (exact) mass is 366 g/mol. The van der Waals surface area contributed by atoms with Crippen LogP contribution in [0.1, 0.15) is 75.3 Å². The summed E-state index contributed by atoms with van der Waals surface area (Å²) in [5.74, 6) is -2.25. The molecular weight excluding hydrogens is 344 g/mol. The Morgan fingerprint density at radius 3 is 2.48 bits per heavy atom. The van der Waals surface area contributed by atoms with Crippen molar-refractivity contribution in [2.45, 2.75) is 38.5 Å². The van der Waals surface area contributed by atoms with Gasteiger partial charge in [-0.2, -0.15) is 0 Å². The molecule has 0 fully saturated rings. The van der Waals surface area contributed by atoms with Gasteiger partial charge in [0.1, 0.15) is 0 Å². The van der Waals surface area contributed by atoms with Crippen LogP contribution in [0.5, 0.6) is 0 Å². The molecule has 0 bridgehead atoms. The van der Waals surface area contributed by atoms with E-state index in [1.54, 1.807) is 0 Å². The number of benzene rings is 2. The molecule has 2 aromatic rings. The molecular formula is C21H22N2O4. The maximum atomic E-state index is 12.8. The van der Waals surface area contributed by atoms with Crippen LogP contribution in [0.4, 0.5) is 5.69 Å². The molecule has 0 unspecified atom stereocenters. The number of carboxylic acids is 1. The number of hydrogen-bond donors (Lipinski definition) is 3. The predicted molar refractivity (Wildman–Crippen MR) is 102 cm³/mol. The Kier molecular flexibility index (Phi) is 4.51. The van der Waals surface area contributed by atoms with Crippen LogP contribution in [0, 0.1) is 0 Å². The van der Waals surface area contributed by atoms with Crippen molar-refractivity contribution in [3.05, 3.63) is 64.2 Å². The Morgan fingerprint density at radius 1 is 1.15 bits per heavy atom. The van der Waals surface area contributed by atoms with Gasteiger partial charge in [-0.05, 0) is 53.1 Å². The van der Waals surface area contributed by atoms with Gasteiger partial charge in [0.2, 0.25) is 5.91 Å². The first-order chi connectivity index (χ1) is 12.6. The minimum Gasteiger partial charge on any atom is -0.478 e. The summed E-state index contributed by atoms with van der Waals surface area (Å²) in [6.07, 6.45) is 0.981. The van der Waals surface area contributed by atoms with Crippen LogP contribution in [0.15, 0.2) is 36.4 Å². The lowest BCUT2D eigenvalue weighted by Crippen LogP contribution is -2.21. The number of carbonyl (C=O) groups is 3. The molecule has 0 radical (unpaired) electrons. The van der Waals surface area contributed by atoms with E-state index >= 15 is 0 Å². The van der Waals surface area contributed by atoms with E-state index in [1.165, 1.54) is 17.7 Å². The quantitative estimate of drug-likeness (QED) is 0.769. The van der Waals surface area contributed by atoms with Crippen LogP contribution in [0.2, 0.25) is 0 Å². The first-order valence-electron chi connectivity index (χ1n) is 8.73. The zero-order valence-corrected chi connectivity index (χ0v) is 15.5. The second-order valence-electron chi connectivity index (χ2n) is 7.64. The van der Waals surface area contributed by atoms with Gasteiger partial charge in [-0.3, -0.25) is 9.59 Å². The number of anilines is 1. The van der Waals surface area contributed by atoms with Gasteiger partial charge in [-0.25, -0.2) is 4.79 Å². The van der Waals surface area contributed by atoms with E-state index in [2.05, 4.69) is 32.2 Å². The van der Waals surface area contributed by atoms with Crippen molar-refractivity contribution in [3.63, 3.8) is 0 Å². The van der Waals surface area contributed by atoms with E-state index in [4.69, 9.17) is 10.8 Å². The minimum absolute atomic E-state index is 0.0248. The van der Waals surface area contributed by atoms with Crippen molar-refractivity contribution in [3.8, 4) is 0 Å². The highest BCUT2D eigenvalue weighted by atomic mass is 16.4. The van der Waals surface area contributed by atoms with E-state index < -0.39 is 17.8 Å². The van der Waals surface area contributed by atoms with E-state index in [9.17, 15) is 14.4 Å². The molecule has 0 spiro atoms. The van der Waals surface area contributed by atoms with Gasteiger partial charge in [0.25, 0.3) is 5.91 Å². The molecule has 3 rings (SSSR count). The summed E-state index contributed by atoms with van der Waals surface area (Å²) >= 11 is 0. The number of primary amides is 1. The fourth-order valence-corrected chi connectivity index (χ4v) is 4.04. The summed E-state index contributed by atoms with van der Waals surface area (Å²) in [6, 6.07) is 9.53. The van der Waals surface area contributed by atoms with Gasteiger partial charge in [0.05, 0.1) is 16.7 Å².